The van der Waals surface area contributed by atoms with Gasteiger partial charge < -0.3 is 19.8 Å². The number of hydrogen-bond donors (Lipinski definition) is 2. The summed E-state index contributed by atoms with van der Waals surface area (Å²) < 4.78 is 11.0. The molecule has 2 heterocycles. The Morgan fingerprint density at radius 3 is 2.96 bits per heavy atom. The van der Waals surface area contributed by atoms with E-state index in [1.807, 2.05) is 18.2 Å². The first kappa shape index (κ1) is 15.2. The van der Waals surface area contributed by atoms with E-state index >= 15 is 0 Å². The lowest BCUT2D eigenvalue weighted by Gasteiger charge is -2.26. The summed E-state index contributed by atoms with van der Waals surface area (Å²) in [6.07, 6.45) is 6.48. The number of carbonyl (C=O) groups is 1. The third kappa shape index (κ3) is 2.67. The van der Waals surface area contributed by atoms with Crippen LogP contribution in [0.5, 0.6) is 5.75 Å². The van der Waals surface area contributed by atoms with Crippen molar-refractivity contribution in [3.8, 4) is 5.75 Å². The Morgan fingerprint density at radius 1 is 1.46 bits per heavy atom. The molecule has 0 radical (unpaired) electrons. The Kier molecular flexibility index (Phi) is 3.76. The fourth-order valence-corrected chi connectivity index (χ4v) is 3.31. The predicted octanol–water partition coefficient (Wildman–Crippen LogP) is 2.34. The molecular weight excluding hydrogens is 306 g/mol. The molecule has 24 heavy (non-hydrogen) atoms. The van der Waals surface area contributed by atoms with Crippen molar-refractivity contribution in [2.45, 2.75) is 30.7 Å². The van der Waals surface area contributed by atoms with Gasteiger partial charge in [-0.1, -0.05) is 0 Å². The van der Waals surface area contributed by atoms with E-state index in [0.29, 0.717) is 31.1 Å². The van der Waals surface area contributed by atoms with Crippen LogP contribution in [0.4, 0.5) is 0 Å². The van der Waals surface area contributed by atoms with E-state index < -0.39 is 5.54 Å². The number of H-pyrrole nitrogens is 1. The number of methoxy groups -OCH3 is 1. The van der Waals surface area contributed by atoms with Crippen molar-refractivity contribution in [1.82, 2.24) is 15.3 Å². The third-order valence-electron chi connectivity index (χ3n) is 4.84. The molecule has 4 rings (SSSR count). The van der Waals surface area contributed by atoms with Gasteiger partial charge in [-0.15, -0.1) is 0 Å². The molecule has 1 aromatic carbocycles. The first-order valence-electron chi connectivity index (χ1n) is 8.30. The molecule has 2 aliphatic rings. The monoisotopic (exact) mass is 327 g/mol. The number of aromatic amines is 1. The van der Waals surface area contributed by atoms with Gasteiger partial charge in [0.15, 0.2) is 0 Å². The quantitative estimate of drug-likeness (QED) is 0.884. The van der Waals surface area contributed by atoms with E-state index in [0.717, 1.165) is 30.0 Å². The van der Waals surface area contributed by atoms with E-state index in [1.54, 1.807) is 19.5 Å². The van der Waals surface area contributed by atoms with E-state index in [-0.39, 0.29) is 5.91 Å². The van der Waals surface area contributed by atoms with Gasteiger partial charge in [0.25, 0.3) is 5.91 Å². The second-order valence-corrected chi connectivity index (χ2v) is 6.51. The van der Waals surface area contributed by atoms with Crippen LogP contribution in [-0.2, 0) is 10.3 Å². The second-order valence-electron chi connectivity index (χ2n) is 6.51. The zero-order valence-corrected chi connectivity index (χ0v) is 13.7. The van der Waals surface area contributed by atoms with E-state index in [1.165, 1.54) is 0 Å². The molecule has 0 bridgehead atoms. The average molecular weight is 327 g/mol. The van der Waals surface area contributed by atoms with Crippen LogP contribution in [0.1, 0.15) is 46.9 Å². The van der Waals surface area contributed by atoms with Gasteiger partial charge in [0.1, 0.15) is 17.1 Å². The van der Waals surface area contributed by atoms with Gasteiger partial charge in [-0.05, 0) is 42.5 Å². The molecule has 2 N–H and O–H groups in total. The van der Waals surface area contributed by atoms with Crippen LogP contribution in [0.25, 0.3) is 0 Å². The minimum Gasteiger partial charge on any atom is -0.496 e. The Labute approximate surface area is 140 Å². The standard InChI is InChI=1S/C18H21N3O3/c1-23-15-5-4-13(10-14(15)12-2-3-12)16(22)21-18(6-9-24-11-18)17-19-7-8-20-17/h4-5,7-8,10,12H,2-3,6,9,11H2,1H3,(H,19,20)(H,21,22). The number of hydrogen-bond acceptors (Lipinski definition) is 4. The molecule has 0 spiro atoms. The van der Waals surface area contributed by atoms with Crippen molar-refractivity contribution in [2.24, 2.45) is 0 Å². The van der Waals surface area contributed by atoms with Gasteiger partial charge in [-0.25, -0.2) is 4.98 Å². The number of rotatable bonds is 5. The zero-order valence-electron chi connectivity index (χ0n) is 13.7. The number of nitrogens with one attached hydrogen (secondary N) is 2. The summed E-state index contributed by atoms with van der Waals surface area (Å²) in [6.45, 7) is 1.04. The number of ether oxygens (including phenoxy) is 2. The molecule has 1 aliphatic carbocycles. The van der Waals surface area contributed by atoms with Gasteiger partial charge in [0.05, 0.1) is 13.7 Å². The molecule has 6 nitrogen and oxygen atoms in total. The maximum absolute atomic E-state index is 12.8. The van der Waals surface area contributed by atoms with Crippen LogP contribution in [0.15, 0.2) is 30.6 Å². The van der Waals surface area contributed by atoms with Crippen molar-refractivity contribution in [3.63, 3.8) is 0 Å². The second kappa shape index (κ2) is 5.94. The Balaban J connectivity index is 1.60. The van der Waals surface area contributed by atoms with Crippen LogP contribution in [0.3, 0.4) is 0 Å². The zero-order chi connectivity index (χ0) is 16.6. The minimum absolute atomic E-state index is 0.110. The van der Waals surface area contributed by atoms with E-state index in [2.05, 4.69) is 15.3 Å². The molecule has 126 valence electrons. The summed E-state index contributed by atoms with van der Waals surface area (Å²) >= 11 is 0. The van der Waals surface area contributed by atoms with Crippen molar-refractivity contribution in [1.29, 1.82) is 0 Å². The number of imidazole rings is 1. The van der Waals surface area contributed by atoms with Crippen LogP contribution < -0.4 is 10.1 Å². The van der Waals surface area contributed by atoms with Crippen molar-refractivity contribution < 1.29 is 14.3 Å². The topological polar surface area (TPSA) is 76.2 Å². The molecule has 1 aromatic heterocycles. The number of carbonyl (C=O) groups excluding carboxylic acids is 1. The molecule has 1 saturated carbocycles. The number of aromatic nitrogens is 2. The molecule has 1 saturated heterocycles. The molecule has 2 aromatic rings. The Bertz CT molecular complexity index is 732. The highest BCUT2D eigenvalue weighted by Crippen LogP contribution is 2.44. The Morgan fingerprint density at radius 2 is 2.33 bits per heavy atom. The van der Waals surface area contributed by atoms with Crippen LogP contribution in [0, 0.1) is 0 Å². The maximum atomic E-state index is 12.8. The SMILES string of the molecule is COc1ccc(C(=O)NC2(c3ncc[nH]3)CCOC2)cc1C1CC1. The smallest absolute Gasteiger partial charge is 0.252 e. The maximum Gasteiger partial charge on any atom is 0.252 e. The van der Waals surface area contributed by atoms with E-state index in [9.17, 15) is 4.79 Å². The van der Waals surface area contributed by atoms with Crippen LogP contribution in [0.2, 0.25) is 0 Å². The summed E-state index contributed by atoms with van der Waals surface area (Å²) in [5.41, 5.74) is 1.19. The van der Waals surface area contributed by atoms with E-state index in [4.69, 9.17) is 9.47 Å². The number of benzene rings is 1. The molecular formula is C18H21N3O3. The predicted molar refractivity (Wildman–Crippen MR) is 88.1 cm³/mol. The third-order valence-corrected chi connectivity index (χ3v) is 4.84. The Hall–Kier alpha value is -2.34. The van der Waals surface area contributed by atoms with Crippen LogP contribution in [-0.4, -0.2) is 36.2 Å². The molecule has 6 heteroatoms. The molecule has 1 aliphatic heterocycles. The van der Waals surface area contributed by atoms with Gasteiger partial charge in [0.2, 0.25) is 0 Å². The first-order valence-corrected chi connectivity index (χ1v) is 8.30. The fraction of sp³-hybridized carbons (Fsp3) is 0.444. The summed E-state index contributed by atoms with van der Waals surface area (Å²) in [6, 6.07) is 5.65. The van der Waals surface area contributed by atoms with Gasteiger partial charge in [0, 0.05) is 31.0 Å². The summed E-state index contributed by atoms with van der Waals surface area (Å²) in [7, 11) is 1.67. The molecule has 1 amide bonds. The molecule has 1 unspecified atom stereocenters. The van der Waals surface area contributed by atoms with Crippen molar-refractivity contribution in [2.75, 3.05) is 20.3 Å². The lowest BCUT2D eigenvalue weighted by molar-refractivity contribution is 0.0869. The molecule has 1 atom stereocenters. The molecule has 2 fully saturated rings. The lowest BCUT2D eigenvalue weighted by Crippen LogP contribution is -2.47. The number of nitrogens with zero attached hydrogens (tertiary/aromatic N) is 1. The summed E-state index contributed by atoms with van der Waals surface area (Å²) in [5.74, 6) is 2.01. The lowest BCUT2D eigenvalue weighted by atomic mass is 9.96. The van der Waals surface area contributed by atoms with Gasteiger partial charge in [-0.3, -0.25) is 4.79 Å². The largest absolute Gasteiger partial charge is 0.496 e. The van der Waals surface area contributed by atoms with Crippen LogP contribution >= 0.6 is 0 Å². The average Bonchev–Trinajstić information content (AvgIpc) is 3.09. The van der Waals surface area contributed by atoms with Gasteiger partial charge in [-0.2, -0.15) is 0 Å². The fourth-order valence-electron chi connectivity index (χ4n) is 3.31. The number of amides is 1. The summed E-state index contributed by atoms with van der Waals surface area (Å²) in [5, 5.41) is 3.14. The minimum atomic E-state index is -0.583. The normalized spacial score (nSPS) is 23.2. The van der Waals surface area contributed by atoms with Crippen molar-refractivity contribution in [3.05, 3.63) is 47.5 Å². The first-order chi connectivity index (χ1) is 11.7. The highest BCUT2D eigenvalue weighted by Gasteiger charge is 2.41. The van der Waals surface area contributed by atoms with Crippen molar-refractivity contribution >= 4 is 5.91 Å². The highest BCUT2D eigenvalue weighted by atomic mass is 16.5. The van der Waals surface area contributed by atoms with Gasteiger partial charge >= 0.3 is 0 Å². The highest BCUT2D eigenvalue weighted by molar-refractivity contribution is 5.95. The summed E-state index contributed by atoms with van der Waals surface area (Å²) in [4.78, 5) is 20.3.